The lowest BCUT2D eigenvalue weighted by molar-refractivity contribution is -0.118. The van der Waals surface area contributed by atoms with Crippen LogP contribution in [0.2, 0.25) is 0 Å². The molecular weight excluding hydrogens is 422 g/mol. The van der Waals surface area contributed by atoms with Crippen LogP contribution in [0.15, 0.2) is 27.1 Å². The Hall–Kier alpha value is -0.990. The highest BCUT2D eigenvalue weighted by atomic mass is 79.9. The van der Waals surface area contributed by atoms with E-state index in [1.165, 1.54) is 24.2 Å². The van der Waals surface area contributed by atoms with Gasteiger partial charge in [0.05, 0.1) is 4.47 Å². The van der Waals surface area contributed by atoms with E-state index in [-0.39, 0.29) is 12.5 Å². The first-order chi connectivity index (χ1) is 10.1. The Bertz CT molecular complexity index is 673. The lowest BCUT2D eigenvalue weighted by atomic mass is 10.3. The average molecular weight is 433 g/mol. The second kappa shape index (κ2) is 6.41. The fourth-order valence-electron chi connectivity index (χ4n) is 1.67. The van der Waals surface area contributed by atoms with E-state index < -0.39 is 0 Å². The smallest absolute Gasteiger partial charge is 0.264 e. The van der Waals surface area contributed by atoms with Crippen molar-refractivity contribution in [3.8, 4) is 5.75 Å². The van der Waals surface area contributed by atoms with Gasteiger partial charge >= 0.3 is 0 Å². The quantitative estimate of drug-likeness (QED) is 0.776. The summed E-state index contributed by atoms with van der Waals surface area (Å²) in [4.78, 5) is 11.8. The number of aromatic nitrogens is 2. The maximum Gasteiger partial charge on any atom is 0.264 e. The maximum atomic E-state index is 11.8. The fraction of sp³-hybridized carbons (Fsp3) is 0.308. The number of benzene rings is 1. The van der Waals surface area contributed by atoms with Gasteiger partial charge in [-0.05, 0) is 47.0 Å². The fourth-order valence-corrected chi connectivity index (χ4v) is 3.76. The maximum absolute atomic E-state index is 11.8. The number of hydrogen-bond acceptors (Lipinski definition) is 5. The van der Waals surface area contributed by atoms with Gasteiger partial charge in [-0.15, -0.1) is 10.2 Å². The Kier molecular flexibility index (Phi) is 4.56. The summed E-state index contributed by atoms with van der Waals surface area (Å²) < 4.78 is 7.20. The predicted molar refractivity (Wildman–Crippen MR) is 87.9 cm³/mol. The number of nitrogens with zero attached hydrogens (tertiary/aromatic N) is 2. The van der Waals surface area contributed by atoms with Crippen molar-refractivity contribution in [3.05, 3.63) is 32.2 Å². The minimum Gasteiger partial charge on any atom is -0.483 e. The highest BCUT2D eigenvalue weighted by Gasteiger charge is 2.27. The molecule has 1 aromatic carbocycles. The predicted octanol–water partition coefficient (Wildman–Crippen LogP) is 3.96. The van der Waals surface area contributed by atoms with Crippen LogP contribution >= 0.6 is 43.2 Å². The molecule has 1 aromatic heterocycles. The van der Waals surface area contributed by atoms with Crippen LogP contribution in [-0.2, 0) is 4.79 Å². The van der Waals surface area contributed by atoms with Crippen molar-refractivity contribution < 1.29 is 9.53 Å². The third-order valence-corrected chi connectivity index (χ3v) is 4.98. The topological polar surface area (TPSA) is 64.1 Å². The van der Waals surface area contributed by atoms with Crippen molar-refractivity contribution in [1.82, 2.24) is 10.2 Å². The van der Waals surface area contributed by atoms with E-state index in [0.717, 1.165) is 14.0 Å². The van der Waals surface area contributed by atoms with Crippen molar-refractivity contribution >= 4 is 54.2 Å². The van der Waals surface area contributed by atoms with Gasteiger partial charge in [0.1, 0.15) is 10.8 Å². The number of carbonyl (C=O) groups excluding carboxylic acids is 1. The number of anilines is 1. The van der Waals surface area contributed by atoms with Gasteiger partial charge in [-0.25, -0.2) is 0 Å². The van der Waals surface area contributed by atoms with E-state index >= 15 is 0 Å². The number of carbonyl (C=O) groups is 1. The van der Waals surface area contributed by atoms with E-state index in [9.17, 15) is 4.79 Å². The van der Waals surface area contributed by atoms with Crippen LogP contribution in [0.5, 0.6) is 5.75 Å². The number of amides is 1. The summed E-state index contributed by atoms with van der Waals surface area (Å²) >= 11 is 8.18. The molecule has 8 heteroatoms. The minimum absolute atomic E-state index is 0.0709. The van der Waals surface area contributed by atoms with Crippen molar-refractivity contribution in [2.24, 2.45) is 0 Å². The van der Waals surface area contributed by atoms with Gasteiger partial charge < -0.3 is 4.74 Å². The van der Waals surface area contributed by atoms with Crippen LogP contribution < -0.4 is 10.1 Å². The molecule has 0 aliphatic heterocycles. The average Bonchev–Trinajstić information content (AvgIpc) is 3.19. The van der Waals surface area contributed by atoms with Gasteiger partial charge in [0.2, 0.25) is 5.13 Å². The normalized spacial score (nSPS) is 14.0. The molecule has 1 N–H and O–H groups in total. The summed E-state index contributed by atoms with van der Waals surface area (Å²) in [5, 5.41) is 12.3. The van der Waals surface area contributed by atoms with E-state index in [0.29, 0.717) is 16.8 Å². The molecule has 0 unspecified atom stereocenters. The van der Waals surface area contributed by atoms with Gasteiger partial charge in [0, 0.05) is 10.4 Å². The van der Waals surface area contributed by atoms with E-state index in [1.807, 2.05) is 12.1 Å². The molecule has 1 amide bonds. The number of ether oxygens (including phenoxy) is 1. The summed E-state index contributed by atoms with van der Waals surface area (Å²) in [5.41, 5.74) is 0. The largest absolute Gasteiger partial charge is 0.483 e. The van der Waals surface area contributed by atoms with Crippen LogP contribution in [0.1, 0.15) is 23.8 Å². The van der Waals surface area contributed by atoms with Gasteiger partial charge in [-0.2, -0.15) is 0 Å². The second-order valence-electron chi connectivity index (χ2n) is 4.63. The van der Waals surface area contributed by atoms with Crippen molar-refractivity contribution in [3.63, 3.8) is 0 Å². The molecule has 1 aliphatic carbocycles. The summed E-state index contributed by atoms with van der Waals surface area (Å²) in [7, 11) is 0. The van der Waals surface area contributed by atoms with E-state index in [4.69, 9.17) is 4.74 Å². The van der Waals surface area contributed by atoms with Crippen LogP contribution in [0.3, 0.4) is 0 Å². The van der Waals surface area contributed by atoms with E-state index in [1.54, 1.807) is 6.07 Å². The highest BCUT2D eigenvalue weighted by Crippen LogP contribution is 2.42. The van der Waals surface area contributed by atoms with E-state index in [2.05, 4.69) is 47.4 Å². The number of rotatable bonds is 5. The SMILES string of the molecule is O=C(COc1ccc(Br)cc1Br)Nc1nnc(C2CC2)s1. The molecule has 0 bridgehead atoms. The molecule has 3 rings (SSSR count). The monoisotopic (exact) mass is 431 g/mol. The zero-order chi connectivity index (χ0) is 14.8. The molecule has 5 nitrogen and oxygen atoms in total. The van der Waals surface area contributed by atoms with Crippen LogP contribution in [0.4, 0.5) is 5.13 Å². The van der Waals surface area contributed by atoms with Gasteiger partial charge in [-0.3, -0.25) is 10.1 Å². The molecule has 1 heterocycles. The minimum atomic E-state index is -0.247. The molecule has 0 saturated heterocycles. The molecular formula is C13H11Br2N3O2S. The summed E-state index contributed by atoms with van der Waals surface area (Å²) in [5.74, 6) is 0.913. The molecule has 0 spiro atoms. The first kappa shape index (κ1) is 14.9. The Labute approximate surface area is 142 Å². The van der Waals surface area contributed by atoms with Gasteiger partial charge in [0.25, 0.3) is 5.91 Å². The zero-order valence-corrected chi connectivity index (χ0v) is 14.8. The van der Waals surface area contributed by atoms with Gasteiger partial charge in [-0.1, -0.05) is 27.3 Å². The highest BCUT2D eigenvalue weighted by molar-refractivity contribution is 9.11. The first-order valence-corrected chi connectivity index (χ1v) is 8.73. The molecule has 2 aromatic rings. The number of nitrogens with one attached hydrogen (secondary N) is 1. The molecule has 1 fully saturated rings. The van der Waals surface area contributed by atoms with Crippen LogP contribution in [-0.4, -0.2) is 22.7 Å². The summed E-state index contributed by atoms with van der Waals surface area (Å²) in [6.07, 6.45) is 2.34. The third kappa shape index (κ3) is 4.02. The summed E-state index contributed by atoms with van der Waals surface area (Å²) in [6, 6.07) is 5.50. The Morgan fingerprint density at radius 1 is 1.38 bits per heavy atom. The Balaban J connectivity index is 1.53. The Morgan fingerprint density at radius 3 is 2.90 bits per heavy atom. The lowest BCUT2D eigenvalue weighted by Gasteiger charge is -2.07. The molecule has 21 heavy (non-hydrogen) atoms. The molecule has 0 atom stereocenters. The number of hydrogen-bond donors (Lipinski definition) is 1. The third-order valence-electron chi connectivity index (χ3n) is 2.87. The zero-order valence-electron chi connectivity index (χ0n) is 10.8. The van der Waals surface area contributed by atoms with Crippen molar-refractivity contribution in [1.29, 1.82) is 0 Å². The Morgan fingerprint density at radius 2 is 2.19 bits per heavy atom. The molecule has 1 saturated carbocycles. The first-order valence-electron chi connectivity index (χ1n) is 6.33. The molecule has 1 aliphatic rings. The van der Waals surface area contributed by atoms with Crippen molar-refractivity contribution in [2.45, 2.75) is 18.8 Å². The van der Waals surface area contributed by atoms with Crippen LogP contribution in [0.25, 0.3) is 0 Å². The molecule has 0 radical (unpaired) electrons. The van der Waals surface area contributed by atoms with Gasteiger partial charge in [0.15, 0.2) is 6.61 Å². The molecule has 110 valence electrons. The summed E-state index contributed by atoms with van der Waals surface area (Å²) in [6.45, 7) is -0.0709. The second-order valence-corrected chi connectivity index (χ2v) is 7.41. The van der Waals surface area contributed by atoms with Crippen LogP contribution in [0, 0.1) is 0 Å². The number of halogens is 2. The standard InChI is InChI=1S/C13H11Br2N3O2S/c14-8-3-4-10(9(15)5-8)20-6-11(19)16-13-18-17-12(21-13)7-1-2-7/h3-5,7H,1-2,6H2,(H,16,18,19). The van der Waals surface area contributed by atoms with Crippen molar-refractivity contribution in [2.75, 3.05) is 11.9 Å². The lowest BCUT2D eigenvalue weighted by Crippen LogP contribution is -2.20.